The number of halogens is 1. The molecule has 0 radical (unpaired) electrons. The fraction of sp³-hybridized carbons (Fsp3) is 0.667. The third-order valence-corrected chi connectivity index (χ3v) is 7.04. The summed E-state index contributed by atoms with van der Waals surface area (Å²) in [4.78, 5) is 7.69. The van der Waals surface area contributed by atoms with Gasteiger partial charge in [-0.05, 0) is 35.0 Å². The highest BCUT2D eigenvalue weighted by atomic mass is 79.9. The van der Waals surface area contributed by atoms with Gasteiger partial charge in [0.1, 0.15) is 0 Å². The maximum atomic E-state index is 12.2. The summed E-state index contributed by atoms with van der Waals surface area (Å²) in [5.74, 6) is 0.749. The molecule has 0 aromatic carbocycles. The van der Waals surface area contributed by atoms with Gasteiger partial charge in [-0.2, -0.15) is 0 Å². The quantitative estimate of drug-likeness (QED) is 0.475. The van der Waals surface area contributed by atoms with Crippen LogP contribution in [0.3, 0.4) is 0 Å². The number of rotatable bonds is 9. The summed E-state index contributed by atoms with van der Waals surface area (Å²) in [5, 5.41) is 3.21. The van der Waals surface area contributed by atoms with Gasteiger partial charge in [0.25, 0.3) is 0 Å². The van der Waals surface area contributed by atoms with Crippen LogP contribution in [0.25, 0.3) is 0 Å². The Morgan fingerprint density at radius 3 is 2.46 bits per heavy atom. The van der Waals surface area contributed by atoms with Crippen molar-refractivity contribution in [3.8, 4) is 0 Å². The summed E-state index contributed by atoms with van der Waals surface area (Å²) in [6.07, 6.45) is 0. The van der Waals surface area contributed by atoms with E-state index in [0.717, 1.165) is 22.8 Å². The molecule has 138 valence electrons. The van der Waals surface area contributed by atoms with E-state index in [2.05, 4.69) is 32.3 Å². The van der Waals surface area contributed by atoms with Crippen molar-refractivity contribution < 1.29 is 8.42 Å². The van der Waals surface area contributed by atoms with E-state index in [1.54, 1.807) is 11.3 Å². The van der Waals surface area contributed by atoms with E-state index in [9.17, 15) is 8.42 Å². The average molecular weight is 439 g/mol. The second-order valence-electron chi connectivity index (χ2n) is 5.20. The highest BCUT2D eigenvalue weighted by molar-refractivity contribution is 9.11. The monoisotopic (exact) mass is 438 g/mol. The Labute approximate surface area is 158 Å². The highest BCUT2D eigenvalue weighted by Crippen LogP contribution is 2.22. The molecule has 0 saturated carbocycles. The normalized spacial score (nSPS) is 12.7. The molecular formula is C15H27BrN4O2S2. The number of hydrogen-bond acceptors (Lipinski definition) is 4. The van der Waals surface area contributed by atoms with Gasteiger partial charge >= 0.3 is 0 Å². The highest BCUT2D eigenvalue weighted by Gasteiger charge is 2.18. The predicted molar refractivity (Wildman–Crippen MR) is 106 cm³/mol. The van der Waals surface area contributed by atoms with Gasteiger partial charge in [-0.15, -0.1) is 11.3 Å². The van der Waals surface area contributed by atoms with Gasteiger partial charge in [-0.25, -0.2) is 12.7 Å². The molecule has 0 aliphatic carbocycles. The minimum absolute atomic E-state index is 0.0297. The molecule has 0 aliphatic heterocycles. The number of sulfonamides is 1. The van der Waals surface area contributed by atoms with Crippen LogP contribution in [0.2, 0.25) is 0 Å². The first-order valence-electron chi connectivity index (χ1n) is 8.05. The number of nitrogens with zero attached hydrogens (tertiary/aromatic N) is 3. The first-order valence-corrected chi connectivity index (χ1v) is 11.3. The Balaban J connectivity index is 2.71. The lowest BCUT2D eigenvalue weighted by atomic mass is 10.4. The second kappa shape index (κ2) is 10.4. The molecule has 0 fully saturated rings. The zero-order valence-corrected chi connectivity index (χ0v) is 18.0. The number of guanidine groups is 1. The standard InChI is InChI=1S/C15H27BrN4O2S2/c1-5-17-15(19(4)12-13-8-9-14(16)23-13)18-10-11-24(21,22)20(6-2)7-3/h8-9H,5-7,10-12H2,1-4H3,(H,17,18). The summed E-state index contributed by atoms with van der Waals surface area (Å²) >= 11 is 5.14. The molecular weight excluding hydrogens is 412 g/mol. The van der Waals surface area contributed by atoms with Crippen molar-refractivity contribution in [1.29, 1.82) is 0 Å². The molecule has 0 unspecified atom stereocenters. The van der Waals surface area contributed by atoms with Gasteiger partial charge in [-0.1, -0.05) is 13.8 Å². The van der Waals surface area contributed by atoms with Gasteiger partial charge in [0, 0.05) is 31.6 Å². The van der Waals surface area contributed by atoms with Crippen LogP contribution in [0.4, 0.5) is 0 Å². The van der Waals surface area contributed by atoms with E-state index < -0.39 is 10.0 Å². The molecule has 9 heteroatoms. The Morgan fingerprint density at radius 1 is 1.29 bits per heavy atom. The molecule has 1 rings (SSSR count). The maximum Gasteiger partial charge on any atom is 0.215 e. The summed E-state index contributed by atoms with van der Waals surface area (Å²) in [7, 11) is -1.29. The molecule has 0 atom stereocenters. The topological polar surface area (TPSA) is 65.0 Å². The molecule has 0 saturated heterocycles. The predicted octanol–water partition coefficient (Wildman–Crippen LogP) is 2.58. The lowest BCUT2D eigenvalue weighted by Crippen LogP contribution is -2.39. The van der Waals surface area contributed by atoms with Crippen LogP contribution in [0.5, 0.6) is 0 Å². The largest absolute Gasteiger partial charge is 0.357 e. The smallest absolute Gasteiger partial charge is 0.215 e. The van der Waals surface area contributed by atoms with Gasteiger partial charge < -0.3 is 10.2 Å². The lowest BCUT2D eigenvalue weighted by molar-refractivity contribution is 0.445. The van der Waals surface area contributed by atoms with E-state index in [4.69, 9.17) is 0 Å². The van der Waals surface area contributed by atoms with Crippen molar-refractivity contribution in [2.24, 2.45) is 4.99 Å². The van der Waals surface area contributed by atoms with Crippen molar-refractivity contribution in [3.05, 3.63) is 20.8 Å². The van der Waals surface area contributed by atoms with Crippen LogP contribution in [0, 0.1) is 0 Å². The zero-order chi connectivity index (χ0) is 18.2. The Hall–Kier alpha value is -0.640. The summed E-state index contributed by atoms with van der Waals surface area (Å²) < 4.78 is 27.0. The van der Waals surface area contributed by atoms with Gasteiger partial charge in [0.2, 0.25) is 10.0 Å². The van der Waals surface area contributed by atoms with Crippen LogP contribution >= 0.6 is 27.3 Å². The van der Waals surface area contributed by atoms with Gasteiger partial charge in [-0.3, -0.25) is 4.99 Å². The van der Waals surface area contributed by atoms with Crippen molar-refractivity contribution in [1.82, 2.24) is 14.5 Å². The van der Waals surface area contributed by atoms with Crippen LogP contribution in [-0.4, -0.2) is 62.6 Å². The van der Waals surface area contributed by atoms with Crippen molar-refractivity contribution in [3.63, 3.8) is 0 Å². The molecule has 1 aromatic heterocycles. The van der Waals surface area contributed by atoms with Crippen molar-refractivity contribution in [2.75, 3.05) is 39.0 Å². The molecule has 24 heavy (non-hydrogen) atoms. The fourth-order valence-electron chi connectivity index (χ4n) is 2.23. The van der Waals surface area contributed by atoms with Gasteiger partial charge in [0.15, 0.2) is 5.96 Å². The van der Waals surface area contributed by atoms with Crippen LogP contribution < -0.4 is 5.32 Å². The van der Waals surface area contributed by atoms with E-state index >= 15 is 0 Å². The summed E-state index contributed by atoms with van der Waals surface area (Å²) in [5.41, 5.74) is 0. The van der Waals surface area contributed by atoms with Crippen LogP contribution in [0.15, 0.2) is 20.9 Å². The molecule has 1 N–H and O–H groups in total. The molecule has 6 nitrogen and oxygen atoms in total. The minimum atomic E-state index is -3.24. The third-order valence-electron chi connectivity index (χ3n) is 3.43. The van der Waals surface area contributed by atoms with Crippen LogP contribution in [0.1, 0.15) is 25.6 Å². The molecule has 0 spiro atoms. The molecule has 1 aromatic rings. The number of nitrogens with one attached hydrogen (secondary N) is 1. The van der Waals surface area contributed by atoms with E-state index in [-0.39, 0.29) is 12.3 Å². The molecule has 0 bridgehead atoms. The fourth-order valence-corrected chi connectivity index (χ4v) is 5.13. The Bertz CT molecular complexity index is 627. The number of thiophene rings is 1. The minimum Gasteiger partial charge on any atom is -0.357 e. The van der Waals surface area contributed by atoms with E-state index in [1.807, 2.05) is 38.8 Å². The first-order chi connectivity index (χ1) is 11.3. The number of hydrogen-bond donors (Lipinski definition) is 1. The van der Waals surface area contributed by atoms with E-state index in [0.29, 0.717) is 13.1 Å². The van der Waals surface area contributed by atoms with Gasteiger partial charge in [0.05, 0.1) is 22.6 Å². The average Bonchev–Trinajstić information content (AvgIpc) is 2.92. The lowest BCUT2D eigenvalue weighted by Gasteiger charge is -2.22. The zero-order valence-electron chi connectivity index (χ0n) is 14.7. The summed E-state index contributed by atoms with van der Waals surface area (Å²) in [6, 6.07) is 4.09. The molecule has 0 amide bonds. The molecule has 1 heterocycles. The Kier molecular flexibility index (Phi) is 9.25. The second-order valence-corrected chi connectivity index (χ2v) is 9.83. The van der Waals surface area contributed by atoms with Crippen LogP contribution in [-0.2, 0) is 16.6 Å². The SMILES string of the molecule is CCNC(=NCCS(=O)(=O)N(CC)CC)N(C)Cc1ccc(Br)s1. The van der Waals surface area contributed by atoms with E-state index in [1.165, 1.54) is 9.18 Å². The Morgan fingerprint density at radius 2 is 1.96 bits per heavy atom. The third kappa shape index (κ3) is 6.70. The van der Waals surface area contributed by atoms with Crippen molar-refractivity contribution in [2.45, 2.75) is 27.3 Å². The first kappa shape index (κ1) is 21.4. The van der Waals surface area contributed by atoms with Crippen molar-refractivity contribution >= 4 is 43.2 Å². The summed E-state index contributed by atoms with van der Waals surface area (Å²) in [6.45, 7) is 8.40. The molecule has 0 aliphatic rings. The number of aliphatic imine (C=N–C) groups is 1. The maximum absolute atomic E-state index is 12.2.